The van der Waals surface area contributed by atoms with Crippen LogP contribution in [0, 0.1) is 0 Å². The Hall–Kier alpha value is -0.850. The Morgan fingerprint density at radius 1 is 0.800 bits per heavy atom. The normalized spacial score (nSPS) is 10.7. The van der Waals surface area contributed by atoms with Crippen molar-refractivity contribution >= 4 is 6.29 Å². The lowest BCUT2D eigenvalue weighted by Crippen LogP contribution is -1.81. The van der Waals surface area contributed by atoms with Crippen molar-refractivity contribution in [3.63, 3.8) is 0 Å². The van der Waals surface area contributed by atoms with Gasteiger partial charge in [-0.05, 0) is 19.3 Å². The van der Waals surface area contributed by atoms with Gasteiger partial charge in [0.1, 0.15) is 6.29 Å². The van der Waals surface area contributed by atoms with Gasteiger partial charge >= 0.3 is 0 Å². The number of unbranched alkanes of at least 4 members (excludes halogenated alkanes) is 8. The fourth-order valence-corrected chi connectivity index (χ4v) is 1.57. The fraction of sp³-hybridized carbons (Fsp3) is 0.643. The molecule has 0 aliphatic rings. The molecule has 0 atom stereocenters. The van der Waals surface area contributed by atoms with E-state index in [1.54, 1.807) is 0 Å². The lowest BCUT2D eigenvalue weighted by Gasteiger charge is -1.99. The largest absolute Gasteiger partial charge is 0.303 e. The maximum absolute atomic E-state index is 10.1. The van der Waals surface area contributed by atoms with Crippen molar-refractivity contribution in [3.05, 3.63) is 24.8 Å². The lowest BCUT2D eigenvalue weighted by atomic mass is 10.1. The zero-order valence-corrected chi connectivity index (χ0v) is 9.79. The molecule has 0 aromatic carbocycles. The maximum atomic E-state index is 10.1. The predicted octanol–water partition coefficient (Wildman–Crippen LogP) is 4.44. The van der Waals surface area contributed by atoms with E-state index in [1.165, 1.54) is 44.9 Å². The smallest absolute Gasteiger partial charge is 0.119 e. The molecule has 0 saturated heterocycles. The molecule has 0 spiro atoms. The average Bonchev–Trinajstić information content (AvgIpc) is 2.26. The van der Waals surface area contributed by atoms with Gasteiger partial charge in [0, 0.05) is 6.42 Å². The summed E-state index contributed by atoms with van der Waals surface area (Å²) in [6, 6.07) is 0. The minimum atomic E-state index is 0.742. The van der Waals surface area contributed by atoms with E-state index >= 15 is 0 Å². The van der Waals surface area contributed by atoms with Gasteiger partial charge in [-0.15, -0.1) is 0 Å². The first-order valence-electron chi connectivity index (χ1n) is 6.13. The van der Waals surface area contributed by atoms with Crippen molar-refractivity contribution in [2.24, 2.45) is 0 Å². The van der Waals surface area contributed by atoms with Gasteiger partial charge in [-0.1, -0.05) is 56.9 Å². The molecule has 0 aliphatic heterocycles. The molecule has 0 saturated carbocycles. The summed E-state index contributed by atoms with van der Waals surface area (Å²) < 4.78 is 0. The zero-order chi connectivity index (χ0) is 11.2. The first kappa shape index (κ1) is 14.2. The van der Waals surface area contributed by atoms with Crippen LogP contribution in [-0.2, 0) is 4.79 Å². The summed E-state index contributed by atoms with van der Waals surface area (Å²) in [6.45, 7) is 3.63. The Morgan fingerprint density at radius 3 is 1.87 bits per heavy atom. The van der Waals surface area contributed by atoms with Gasteiger partial charge in [0.2, 0.25) is 0 Å². The van der Waals surface area contributed by atoms with E-state index in [0.717, 1.165) is 19.1 Å². The van der Waals surface area contributed by atoms with Gasteiger partial charge < -0.3 is 4.79 Å². The van der Waals surface area contributed by atoms with Crippen LogP contribution in [0.15, 0.2) is 24.8 Å². The van der Waals surface area contributed by atoms with Crippen LogP contribution in [0.25, 0.3) is 0 Å². The summed E-state index contributed by atoms with van der Waals surface area (Å²) in [4.78, 5) is 10.1. The van der Waals surface area contributed by atoms with Gasteiger partial charge in [-0.2, -0.15) is 0 Å². The summed E-state index contributed by atoms with van der Waals surface area (Å²) in [5.74, 6) is 0. The highest BCUT2D eigenvalue weighted by molar-refractivity contribution is 5.48. The van der Waals surface area contributed by atoms with E-state index in [2.05, 4.69) is 12.7 Å². The number of hydrogen-bond acceptors (Lipinski definition) is 1. The highest BCUT2D eigenvalue weighted by atomic mass is 16.1. The number of carbonyl (C=O) groups is 1. The Bertz CT molecular complexity index is 170. The molecule has 0 heterocycles. The number of hydrogen-bond donors (Lipinski definition) is 0. The Labute approximate surface area is 94.3 Å². The van der Waals surface area contributed by atoms with Crippen molar-refractivity contribution in [1.82, 2.24) is 0 Å². The van der Waals surface area contributed by atoms with Gasteiger partial charge in [-0.3, -0.25) is 0 Å². The Kier molecular flexibility index (Phi) is 12.4. The number of aldehydes is 1. The molecule has 0 N–H and O–H groups in total. The fourth-order valence-electron chi connectivity index (χ4n) is 1.57. The second kappa shape index (κ2) is 13.2. The SMILES string of the molecule is C=CC=CCCCCCCCCCC=O. The third kappa shape index (κ3) is 13.2. The van der Waals surface area contributed by atoms with Crippen LogP contribution in [-0.4, -0.2) is 6.29 Å². The second-order valence-electron chi connectivity index (χ2n) is 3.88. The molecule has 0 rings (SSSR count). The number of rotatable bonds is 11. The topological polar surface area (TPSA) is 17.1 Å². The summed E-state index contributed by atoms with van der Waals surface area (Å²) in [5, 5.41) is 0. The minimum absolute atomic E-state index is 0.742. The highest BCUT2D eigenvalue weighted by Gasteiger charge is 1.90. The van der Waals surface area contributed by atoms with E-state index < -0.39 is 0 Å². The van der Waals surface area contributed by atoms with Crippen LogP contribution in [0.5, 0.6) is 0 Å². The predicted molar refractivity (Wildman–Crippen MR) is 67.0 cm³/mol. The summed E-state index contributed by atoms with van der Waals surface area (Å²) in [5.41, 5.74) is 0. The highest BCUT2D eigenvalue weighted by Crippen LogP contribution is 2.09. The van der Waals surface area contributed by atoms with Crippen molar-refractivity contribution in [2.45, 2.75) is 57.8 Å². The zero-order valence-electron chi connectivity index (χ0n) is 9.79. The first-order chi connectivity index (χ1) is 7.41. The van der Waals surface area contributed by atoms with E-state index in [-0.39, 0.29) is 0 Å². The van der Waals surface area contributed by atoms with Crippen molar-refractivity contribution in [1.29, 1.82) is 0 Å². The molecule has 0 aliphatic carbocycles. The lowest BCUT2D eigenvalue weighted by molar-refractivity contribution is -0.107. The van der Waals surface area contributed by atoms with Crippen LogP contribution in [0.1, 0.15) is 57.8 Å². The van der Waals surface area contributed by atoms with Crippen molar-refractivity contribution in [3.8, 4) is 0 Å². The van der Waals surface area contributed by atoms with E-state index in [1.807, 2.05) is 12.2 Å². The molecule has 86 valence electrons. The third-order valence-corrected chi connectivity index (χ3v) is 2.46. The molecule has 15 heavy (non-hydrogen) atoms. The summed E-state index contributed by atoms with van der Waals surface area (Å²) in [7, 11) is 0. The van der Waals surface area contributed by atoms with Gasteiger partial charge in [0.05, 0.1) is 0 Å². The average molecular weight is 208 g/mol. The van der Waals surface area contributed by atoms with Crippen LogP contribution >= 0.6 is 0 Å². The molecule has 0 aromatic rings. The van der Waals surface area contributed by atoms with Crippen LogP contribution in [0.3, 0.4) is 0 Å². The quantitative estimate of drug-likeness (QED) is 0.279. The van der Waals surface area contributed by atoms with Crippen LogP contribution in [0.2, 0.25) is 0 Å². The Balaban J connectivity index is 2.95. The number of carbonyl (C=O) groups excluding carboxylic acids is 1. The standard InChI is InChI=1S/C14H24O/c1-2-3-4-5-6-7-8-9-10-11-12-13-14-15/h2-4,14H,1,5-13H2. The summed E-state index contributed by atoms with van der Waals surface area (Å²) in [6.07, 6.45) is 17.8. The van der Waals surface area contributed by atoms with Gasteiger partial charge in [-0.25, -0.2) is 0 Å². The monoisotopic (exact) mass is 208 g/mol. The Morgan fingerprint density at radius 2 is 1.33 bits per heavy atom. The van der Waals surface area contributed by atoms with E-state index in [9.17, 15) is 4.79 Å². The maximum Gasteiger partial charge on any atom is 0.119 e. The molecule has 0 aromatic heterocycles. The summed E-state index contributed by atoms with van der Waals surface area (Å²) >= 11 is 0. The van der Waals surface area contributed by atoms with E-state index in [4.69, 9.17) is 0 Å². The molecule has 0 amide bonds. The molecular formula is C14H24O. The second-order valence-corrected chi connectivity index (χ2v) is 3.88. The first-order valence-corrected chi connectivity index (χ1v) is 6.13. The van der Waals surface area contributed by atoms with E-state index in [0.29, 0.717) is 0 Å². The van der Waals surface area contributed by atoms with Gasteiger partial charge in [0.25, 0.3) is 0 Å². The molecule has 0 unspecified atom stereocenters. The molecular weight excluding hydrogens is 184 g/mol. The van der Waals surface area contributed by atoms with Crippen LogP contribution < -0.4 is 0 Å². The third-order valence-electron chi connectivity index (χ3n) is 2.46. The molecule has 0 bridgehead atoms. The minimum Gasteiger partial charge on any atom is -0.303 e. The molecule has 0 fully saturated rings. The van der Waals surface area contributed by atoms with Crippen LogP contribution in [0.4, 0.5) is 0 Å². The molecule has 1 heteroatoms. The molecule has 0 radical (unpaired) electrons. The van der Waals surface area contributed by atoms with Gasteiger partial charge in [0.15, 0.2) is 0 Å². The van der Waals surface area contributed by atoms with Crippen molar-refractivity contribution < 1.29 is 4.79 Å². The molecule has 1 nitrogen and oxygen atoms in total. The van der Waals surface area contributed by atoms with Crippen molar-refractivity contribution in [2.75, 3.05) is 0 Å². The number of allylic oxidation sites excluding steroid dienone is 3.